The van der Waals surface area contributed by atoms with Crippen LogP contribution in [0.5, 0.6) is 0 Å². The van der Waals surface area contributed by atoms with Crippen LogP contribution in [0.15, 0.2) is 83.8 Å². The summed E-state index contributed by atoms with van der Waals surface area (Å²) in [6, 6.07) is 23.8. The molecule has 0 fully saturated rings. The van der Waals surface area contributed by atoms with Crippen molar-refractivity contribution in [2.45, 2.75) is 16.6 Å². The maximum absolute atomic E-state index is 12.9. The number of aromatic amines is 1. The van der Waals surface area contributed by atoms with Gasteiger partial charge in [0.25, 0.3) is 0 Å². The maximum Gasteiger partial charge on any atom is 0.187 e. The molecule has 0 saturated carbocycles. The van der Waals surface area contributed by atoms with Crippen molar-refractivity contribution in [1.82, 2.24) is 9.97 Å². The number of nitriles is 1. The summed E-state index contributed by atoms with van der Waals surface area (Å²) in [6.45, 7) is 0. The minimum atomic E-state index is -3.48. The number of nitrogens with zero attached hydrogens (tertiary/aromatic N) is 2. The summed E-state index contributed by atoms with van der Waals surface area (Å²) >= 11 is 0. The number of Topliss-reactive ketones (excluding diaryl/α,β-unsaturated/α-hetero) is 1. The number of H-pyrrole nitrogens is 1. The molecule has 1 heterocycles. The van der Waals surface area contributed by atoms with Crippen molar-refractivity contribution >= 4 is 26.7 Å². The molecule has 4 aromatic rings. The first kappa shape index (κ1) is 19.6. The number of imidazole rings is 1. The maximum atomic E-state index is 12.9. The Hall–Kier alpha value is -3.76. The summed E-state index contributed by atoms with van der Waals surface area (Å²) in [5, 5.41) is 9.56. The molecule has 0 spiro atoms. The fourth-order valence-electron chi connectivity index (χ4n) is 3.22. The van der Waals surface area contributed by atoms with E-state index in [1.165, 1.54) is 0 Å². The van der Waals surface area contributed by atoms with Crippen LogP contribution < -0.4 is 0 Å². The Kier molecular flexibility index (Phi) is 5.17. The third kappa shape index (κ3) is 3.86. The quantitative estimate of drug-likeness (QED) is 0.479. The van der Waals surface area contributed by atoms with Gasteiger partial charge in [0.2, 0.25) is 0 Å². The minimum absolute atomic E-state index is 0.170. The number of fused-ring (bicyclic) bond motifs is 1. The van der Waals surface area contributed by atoms with Gasteiger partial charge in [0.05, 0.1) is 27.8 Å². The summed E-state index contributed by atoms with van der Waals surface area (Å²) in [6.07, 6.45) is 0. The predicted molar refractivity (Wildman–Crippen MR) is 113 cm³/mol. The molecule has 0 bridgehead atoms. The zero-order valence-electron chi connectivity index (χ0n) is 15.8. The van der Waals surface area contributed by atoms with E-state index < -0.39 is 21.5 Å². The first-order valence-electron chi connectivity index (χ1n) is 9.23. The Morgan fingerprint density at radius 1 is 0.967 bits per heavy atom. The number of aromatic nitrogens is 2. The number of hydrogen-bond acceptors (Lipinski definition) is 5. The fraction of sp³-hybridized carbons (Fsp3) is 0.0870. The normalized spacial score (nSPS) is 12.4. The van der Waals surface area contributed by atoms with Gasteiger partial charge in [-0.15, -0.1) is 0 Å². The van der Waals surface area contributed by atoms with Crippen LogP contribution in [0, 0.1) is 11.3 Å². The molecule has 0 aliphatic carbocycles. The number of para-hydroxylation sites is 2. The lowest BCUT2D eigenvalue weighted by Crippen LogP contribution is -2.13. The first-order valence-corrected chi connectivity index (χ1v) is 10.9. The standard InChI is InChI=1S/C23H17N3O3S/c24-14-19(23-25-20-8-4-5-9-21(20)26-23)22(27)17-12-10-16(11-13-17)15-30(28,29)18-6-2-1-3-7-18/h1-13,19H,15H2,(H,25,26). The van der Waals surface area contributed by atoms with Gasteiger partial charge in [-0.1, -0.05) is 54.6 Å². The average Bonchev–Trinajstić information content (AvgIpc) is 3.19. The zero-order chi connectivity index (χ0) is 21.1. The molecule has 1 aromatic heterocycles. The molecule has 0 aliphatic rings. The molecule has 7 heteroatoms. The van der Waals surface area contributed by atoms with Gasteiger partial charge in [-0.25, -0.2) is 13.4 Å². The Bertz CT molecular complexity index is 1320. The molecule has 1 unspecified atom stereocenters. The van der Waals surface area contributed by atoms with Gasteiger partial charge in [0, 0.05) is 5.56 Å². The second-order valence-corrected chi connectivity index (χ2v) is 8.82. The SMILES string of the molecule is N#CC(C(=O)c1ccc(CS(=O)(=O)c2ccccc2)cc1)c1nc2ccccc2[nH]1. The second-order valence-electron chi connectivity index (χ2n) is 6.83. The van der Waals surface area contributed by atoms with Crippen LogP contribution in [-0.4, -0.2) is 24.2 Å². The first-order chi connectivity index (χ1) is 14.5. The molecule has 0 aliphatic heterocycles. The predicted octanol–water partition coefficient (Wildman–Crippen LogP) is 4.03. The van der Waals surface area contributed by atoms with E-state index >= 15 is 0 Å². The number of hydrogen-bond donors (Lipinski definition) is 1. The van der Waals surface area contributed by atoms with E-state index in [0.29, 0.717) is 22.5 Å². The molecule has 1 N–H and O–H groups in total. The highest BCUT2D eigenvalue weighted by molar-refractivity contribution is 7.90. The lowest BCUT2D eigenvalue weighted by Gasteiger charge is -2.08. The summed E-state index contributed by atoms with van der Waals surface area (Å²) in [5.41, 5.74) is 2.32. The summed E-state index contributed by atoms with van der Waals surface area (Å²) in [5.74, 6) is -1.35. The summed E-state index contributed by atoms with van der Waals surface area (Å²) in [4.78, 5) is 20.5. The third-order valence-corrected chi connectivity index (χ3v) is 6.47. The molecular weight excluding hydrogens is 398 g/mol. The molecule has 0 saturated heterocycles. The van der Waals surface area contributed by atoms with Gasteiger partial charge in [0.1, 0.15) is 5.82 Å². The van der Waals surface area contributed by atoms with Gasteiger partial charge < -0.3 is 4.98 Å². The minimum Gasteiger partial charge on any atom is -0.340 e. The van der Waals surface area contributed by atoms with E-state index in [4.69, 9.17) is 0 Å². The lowest BCUT2D eigenvalue weighted by molar-refractivity contribution is 0.0976. The van der Waals surface area contributed by atoms with Gasteiger partial charge in [-0.05, 0) is 29.8 Å². The van der Waals surface area contributed by atoms with Crippen LogP contribution in [0.25, 0.3) is 11.0 Å². The highest BCUT2D eigenvalue weighted by Crippen LogP contribution is 2.22. The molecule has 0 amide bonds. The highest BCUT2D eigenvalue weighted by atomic mass is 32.2. The summed E-state index contributed by atoms with van der Waals surface area (Å²) < 4.78 is 25.0. The molecule has 0 radical (unpaired) electrons. The smallest absolute Gasteiger partial charge is 0.187 e. The second kappa shape index (κ2) is 7.93. The Labute approximate surface area is 173 Å². The molecule has 3 aromatic carbocycles. The number of carbonyl (C=O) groups is 1. The molecule has 6 nitrogen and oxygen atoms in total. The van der Waals surface area contributed by atoms with Crippen molar-refractivity contribution in [2.24, 2.45) is 0 Å². The van der Waals surface area contributed by atoms with E-state index in [1.54, 1.807) is 60.7 Å². The van der Waals surface area contributed by atoms with Crippen molar-refractivity contribution in [3.63, 3.8) is 0 Å². The molecular formula is C23H17N3O3S. The molecule has 1 atom stereocenters. The van der Waals surface area contributed by atoms with Crippen LogP contribution in [0.2, 0.25) is 0 Å². The van der Waals surface area contributed by atoms with Crippen LogP contribution in [0.4, 0.5) is 0 Å². The van der Waals surface area contributed by atoms with E-state index in [2.05, 4.69) is 9.97 Å². The van der Waals surface area contributed by atoms with Crippen LogP contribution in [0.1, 0.15) is 27.7 Å². The number of rotatable bonds is 6. The van der Waals surface area contributed by atoms with Gasteiger partial charge >= 0.3 is 0 Å². The van der Waals surface area contributed by atoms with Crippen molar-refractivity contribution in [2.75, 3.05) is 0 Å². The van der Waals surface area contributed by atoms with Crippen LogP contribution in [0.3, 0.4) is 0 Å². The summed E-state index contributed by atoms with van der Waals surface area (Å²) in [7, 11) is -3.48. The van der Waals surface area contributed by atoms with E-state index in [0.717, 1.165) is 5.52 Å². The van der Waals surface area contributed by atoms with Crippen molar-refractivity contribution in [3.05, 3.63) is 95.8 Å². The van der Waals surface area contributed by atoms with Crippen molar-refractivity contribution < 1.29 is 13.2 Å². The number of sulfone groups is 1. The Morgan fingerprint density at radius 3 is 2.30 bits per heavy atom. The van der Waals surface area contributed by atoms with Crippen LogP contribution >= 0.6 is 0 Å². The van der Waals surface area contributed by atoms with Crippen molar-refractivity contribution in [1.29, 1.82) is 5.26 Å². The van der Waals surface area contributed by atoms with E-state index in [9.17, 15) is 18.5 Å². The number of ketones is 1. The van der Waals surface area contributed by atoms with Gasteiger partial charge in [-0.2, -0.15) is 5.26 Å². The number of nitrogens with one attached hydrogen (secondary N) is 1. The van der Waals surface area contributed by atoms with Crippen LogP contribution in [-0.2, 0) is 15.6 Å². The zero-order valence-corrected chi connectivity index (χ0v) is 16.6. The molecule has 30 heavy (non-hydrogen) atoms. The monoisotopic (exact) mass is 415 g/mol. The third-order valence-electron chi connectivity index (χ3n) is 4.77. The van der Waals surface area contributed by atoms with E-state index in [-0.39, 0.29) is 10.6 Å². The fourth-order valence-corrected chi connectivity index (χ4v) is 4.59. The van der Waals surface area contributed by atoms with Gasteiger partial charge in [0.15, 0.2) is 21.5 Å². The van der Waals surface area contributed by atoms with Crippen molar-refractivity contribution in [3.8, 4) is 6.07 Å². The highest BCUT2D eigenvalue weighted by Gasteiger charge is 2.25. The van der Waals surface area contributed by atoms with Gasteiger partial charge in [-0.3, -0.25) is 4.79 Å². The van der Waals surface area contributed by atoms with E-state index in [1.807, 2.05) is 24.3 Å². The molecule has 148 valence electrons. The lowest BCUT2D eigenvalue weighted by atomic mass is 9.97. The Morgan fingerprint density at radius 2 is 1.63 bits per heavy atom. The topological polar surface area (TPSA) is 104 Å². The Balaban J connectivity index is 1.55. The largest absolute Gasteiger partial charge is 0.340 e. The number of benzene rings is 3. The number of carbonyl (C=O) groups excluding carboxylic acids is 1. The molecule has 4 rings (SSSR count). The average molecular weight is 415 g/mol.